The summed E-state index contributed by atoms with van der Waals surface area (Å²) in [6.45, 7) is 2.69. The van der Waals surface area contributed by atoms with Crippen molar-refractivity contribution < 1.29 is 17.6 Å². The predicted molar refractivity (Wildman–Crippen MR) is 82.9 cm³/mol. The Bertz CT molecular complexity index is 606. The summed E-state index contributed by atoms with van der Waals surface area (Å²) < 4.78 is 39.6. The van der Waals surface area contributed by atoms with Crippen LogP contribution < -0.4 is 10.0 Å². The number of carbonyl (C=O) groups is 1. The van der Waals surface area contributed by atoms with Crippen LogP contribution in [0, 0.1) is 5.82 Å². The van der Waals surface area contributed by atoms with Crippen LogP contribution >= 0.6 is 12.4 Å². The monoisotopic (exact) mass is 351 g/mol. The molecule has 0 atom stereocenters. The highest BCUT2D eigenvalue weighted by molar-refractivity contribution is 7.89. The van der Waals surface area contributed by atoms with Gasteiger partial charge in [0.05, 0.1) is 0 Å². The first-order valence-corrected chi connectivity index (χ1v) is 8.22. The van der Waals surface area contributed by atoms with Crippen LogP contribution in [0.2, 0.25) is 0 Å². The number of carbonyl (C=O) groups excluding carboxylic acids is 1. The summed E-state index contributed by atoms with van der Waals surface area (Å²) >= 11 is 0. The molecule has 1 aromatic carbocycles. The van der Waals surface area contributed by atoms with Crippen LogP contribution in [-0.2, 0) is 14.8 Å². The van der Waals surface area contributed by atoms with Gasteiger partial charge in [-0.05, 0) is 12.1 Å². The first-order valence-electron chi connectivity index (χ1n) is 6.73. The maximum atomic E-state index is 13.5. The third-order valence-electron chi connectivity index (χ3n) is 3.23. The zero-order valence-electron chi connectivity index (χ0n) is 11.9. The average molecular weight is 352 g/mol. The molecule has 22 heavy (non-hydrogen) atoms. The number of amides is 1. The van der Waals surface area contributed by atoms with Crippen LogP contribution in [0.5, 0.6) is 0 Å². The maximum absolute atomic E-state index is 13.5. The molecule has 0 bridgehead atoms. The van der Waals surface area contributed by atoms with Gasteiger partial charge in [-0.3, -0.25) is 4.79 Å². The maximum Gasteiger partial charge on any atom is 0.243 e. The first-order chi connectivity index (χ1) is 10.0. The van der Waals surface area contributed by atoms with E-state index in [9.17, 15) is 17.6 Å². The standard InChI is InChI=1S/C13H18FN3O3S.ClH/c14-11-3-1-2-4-12(11)21(19,20)16-6-5-13(18)17-9-7-15-8-10-17;/h1-4,15-16H,5-10H2;1H. The third-order valence-corrected chi connectivity index (χ3v) is 4.72. The molecule has 0 saturated carbocycles. The Morgan fingerprint density at radius 3 is 2.55 bits per heavy atom. The quantitative estimate of drug-likeness (QED) is 0.802. The summed E-state index contributed by atoms with van der Waals surface area (Å²) in [5.41, 5.74) is 0. The van der Waals surface area contributed by atoms with Crippen molar-refractivity contribution in [3.63, 3.8) is 0 Å². The van der Waals surface area contributed by atoms with Gasteiger partial charge in [-0.1, -0.05) is 12.1 Å². The molecule has 0 unspecified atom stereocenters. The van der Waals surface area contributed by atoms with Crippen LogP contribution in [0.15, 0.2) is 29.2 Å². The van der Waals surface area contributed by atoms with Gasteiger partial charge >= 0.3 is 0 Å². The largest absolute Gasteiger partial charge is 0.340 e. The van der Waals surface area contributed by atoms with Gasteiger partial charge < -0.3 is 10.2 Å². The molecule has 0 spiro atoms. The molecule has 124 valence electrons. The number of benzene rings is 1. The summed E-state index contributed by atoms with van der Waals surface area (Å²) in [7, 11) is -3.93. The van der Waals surface area contributed by atoms with E-state index in [1.807, 2.05) is 0 Å². The molecule has 1 amide bonds. The van der Waals surface area contributed by atoms with Crippen LogP contribution in [0.3, 0.4) is 0 Å². The van der Waals surface area contributed by atoms with Crippen molar-refractivity contribution in [2.24, 2.45) is 0 Å². The Kier molecular flexibility index (Phi) is 7.21. The van der Waals surface area contributed by atoms with E-state index in [4.69, 9.17) is 0 Å². The second kappa shape index (κ2) is 8.42. The summed E-state index contributed by atoms with van der Waals surface area (Å²) in [5.74, 6) is -0.911. The number of hydrogen-bond acceptors (Lipinski definition) is 4. The molecule has 0 radical (unpaired) electrons. The summed E-state index contributed by atoms with van der Waals surface area (Å²) in [4.78, 5) is 13.2. The van der Waals surface area contributed by atoms with Gasteiger partial charge in [-0.2, -0.15) is 0 Å². The van der Waals surface area contributed by atoms with Gasteiger partial charge in [0.25, 0.3) is 0 Å². The Morgan fingerprint density at radius 2 is 1.91 bits per heavy atom. The normalized spacial score (nSPS) is 15.2. The molecule has 1 fully saturated rings. The highest BCUT2D eigenvalue weighted by Crippen LogP contribution is 2.12. The lowest BCUT2D eigenvalue weighted by atomic mass is 10.3. The van der Waals surface area contributed by atoms with Crippen molar-refractivity contribution in [1.29, 1.82) is 0 Å². The molecule has 1 aromatic rings. The molecule has 9 heteroatoms. The molecule has 0 aliphatic carbocycles. The average Bonchev–Trinajstić information content (AvgIpc) is 2.48. The lowest BCUT2D eigenvalue weighted by Crippen LogP contribution is -2.47. The van der Waals surface area contributed by atoms with Crippen molar-refractivity contribution in [3.8, 4) is 0 Å². The van der Waals surface area contributed by atoms with Crippen molar-refractivity contribution in [1.82, 2.24) is 14.9 Å². The van der Waals surface area contributed by atoms with Crippen LogP contribution in [0.1, 0.15) is 6.42 Å². The fourth-order valence-corrected chi connectivity index (χ4v) is 3.21. The van der Waals surface area contributed by atoms with Crippen molar-refractivity contribution in [3.05, 3.63) is 30.1 Å². The molecule has 2 rings (SSSR count). The topological polar surface area (TPSA) is 78.5 Å². The summed E-state index contributed by atoms with van der Waals surface area (Å²) in [6, 6.07) is 5.14. The number of nitrogens with zero attached hydrogens (tertiary/aromatic N) is 1. The number of sulfonamides is 1. The first kappa shape index (κ1) is 18.8. The van der Waals surface area contributed by atoms with E-state index in [0.29, 0.717) is 13.1 Å². The molecule has 6 nitrogen and oxygen atoms in total. The van der Waals surface area contributed by atoms with Gasteiger partial charge in [-0.15, -0.1) is 12.4 Å². The number of rotatable bonds is 5. The lowest BCUT2D eigenvalue weighted by molar-refractivity contribution is -0.131. The van der Waals surface area contributed by atoms with Crippen molar-refractivity contribution in [2.75, 3.05) is 32.7 Å². The molecule has 1 aliphatic rings. The Balaban J connectivity index is 0.00000242. The number of hydrogen-bond donors (Lipinski definition) is 2. The lowest BCUT2D eigenvalue weighted by Gasteiger charge is -2.27. The molecule has 1 heterocycles. The van der Waals surface area contributed by atoms with Gasteiger partial charge in [0.2, 0.25) is 15.9 Å². The minimum Gasteiger partial charge on any atom is -0.340 e. The zero-order chi connectivity index (χ0) is 15.3. The number of piperazine rings is 1. The van der Waals surface area contributed by atoms with Crippen LogP contribution in [0.4, 0.5) is 4.39 Å². The van der Waals surface area contributed by atoms with E-state index in [2.05, 4.69) is 10.0 Å². The van der Waals surface area contributed by atoms with Crippen LogP contribution in [0.25, 0.3) is 0 Å². The van der Waals surface area contributed by atoms with Crippen molar-refractivity contribution in [2.45, 2.75) is 11.3 Å². The molecular weight excluding hydrogens is 333 g/mol. The fraction of sp³-hybridized carbons (Fsp3) is 0.462. The molecule has 1 saturated heterocycles. The highest BCUT2D eigenvalue weighted by Gasteiger charge is 2.20. The van der Waals surface area contributed by atoms with Gasteiger partial charge in [-0.25, -0.2) is 17.5 Å². The number of nitrogens with one attached hydrogen (secondary N) is 2. The molecule has 2 N–H and O–H groups in total. The zero-order valence-corrected chi connectivity index (χ0v) is 13.6. The predicted octanol–water partition coefficient (Wildman–Crippen LogP) is 0.348. The second-order valence-electron chi connectivity index (χ2n) is 4.71. The minimum absolute atomic E-state index is 0. The van der Waals surface area contributed by atoms with E-state index in [0.717, 1.165) is 19.2 Å². The fourth-order valence-electron chi connectivity index (χ4n) is 2.11. The van der Waals surface area contributed by atoms with Crippen molar-refractivity contribution >= 4 is 28.3 Å². The third kappa shape index (κ3) is 4.91. The Labute approximate surface area is 135 Å². The summed E-state index contributed by atoms with van der Waals surface area (Å²) in [5, 5.41) is 3.13. The Morgan fingerprint density at radius 1 is 1.27 bits per heavy atom. The highest BCUT2D eigenvalue weighted by atomic mass is 35.5. The molecular formula is C13H19ClFN3O3S. The van der Waals surface area contributed by atoms with Crippen LogP contribution in [-0.4, -0.2) is 51.9 Å². The van der Waals surface area contributed by atoms with E-state index >= 15 is 0 Å². The van der Waals surface area contributed by atoms with Gasteiger partial charge in [0, 0.05) is 39.1 Å². The Hall–Kier alpha value is -1.22. The second-order valence-corrected chi connectivity index (χ2v) is 6.44. The number of halogens is 2. The SMILES string of the molecule is Cl.O=C(CCNS(=O)(=O)c1ccccc1F)N1CCNCC1. The van der Waals surface area contributed by atoms with Gasteiger partial charge in [0.15, 0.2) is 0 Å². The summed E-state index contributed by atoms with van der Waals surface area (Å²) in [6.07, 6.45) is 0.0632. The molecule has 0 aromatic heterocycles. The molecule has 1 aliphatic heterocycles. The minimum atomic E-state index is -3.93. The van der Waals surface area contributed by atoms with E-state index in [-0.39, 0.29) is 31.3 Å². The van der Waals surface area contributed by atoms with E-state index < -0.39 is 20.7 Å². The van der Waals surface area contributed by atoms with Gasteiger partial charge in [0.1, 0.15) is 10.7 Å². The van der Waals surface area contributed by atoms with E-state index in [1.54, 1.807) is 4.90 Å². The smallest absolute Gasteiger partial charge is 0.243 e. The van der Waals surface area contributed by atoms with E-state index in [1.165, 1.54) is 18.2 Å².